The number of carbonyl (C=O) groups excluding carboxylic acids is 1. The Kier molecular flexibility index (Phi) is 7.43. The number of nitrogens with zero attached hydrogens (tertiary/aromatic N) is 1. The van der Waals surface area contributed by atoms with Crippen molar-refractivity contribution in [2.24, 2.45) is 5.92 Å². The van der Waals surface area contributed by atoms with Crippen LogP contribution >= 0.6 is 11.6 Å². The maximum Gasteiger partial charge on any atom is 0.257 e. The Labute approximate surface area is 186 Å². The molecule has 0 aromatic heterocycles. The molecule has 1 fully saturated rings. The molecule has 0 radical (unpaired) electrons. The molecule has 0 unspecified atom stereocenters. The molecule has 3 rings (SSSR count). The van der Waals surface area contributed by atoms with Gasteiger partial charge in [-0.1, -0.05) is 11.6 Å². The smallest absolute Gasteiger partial charge is 0.257 e. The number of hydrogen-bond donors (Lipinski definition) is 2. The van der Waals surface area contributed by atoms with Crippen molar-refractivity contribution in [3.8, 4) is 0 Å². The molecule has 12 heteroatoms. The first-order valence-corrected chi connectivity index (χ1v) is 11.4. The van der Waals surface area contributed by atoms with Crippen LogP contribution in [0, 0.1) is 29.2 Å². The Bertz CT molecular complexity index is 1120. The number of anilines is 1. The van der Waals surface area contributed by atoms with Gasteiger partial charge in [-0.25, -0.2) is 26.0 Å². The van der Waals surface area contributed by atoms with Crippen molar-refractivity contribution in [2.75, 3.05) is 25.0 Å². The van der Waals surface area contributed by atoms with Gasteiger partial charge in [-0.2, -0.15) is 4.31 Å². The molecule has 0 saturated carbocycles. The molecule has 0 bridgehead atoms. The lowest BCUT2D eigenvalue weighted by Crippen LogP contribution is -2.39. The van der Waals surface area contributed by atoms with Gasteiger partial charge < -0.3 is 10.4 Å². The van der Waals surface area contributed by atoms with Crippen molar-refractivity contribution < 1.29 is 35.9 Å². The fourth-order valence-corrected chi connectivity index (χ4v) is 5.26. The molecule has 0 aliphatic carbocycles. The van der Waals surface area contributed by atoms with Gasteiger partial charge in [-0.05, 0) is 37.3 Å². The van der Waals surface area contributed by atoms with Gasteiger partial charge in [-0.3, -0.25) is 4.79 Å². The standard InChI is InChI=1S/C20H19ClF4N2O4S/c21-14-10-15(22)18(32(30,31)27-4-1-11(2-5-27)3-6-28)9-13(14)20(29)26-12-7-16(23)19(25)17(24)8-12/h7-11,28H,1-6H2,(H,26,29). The summed E-state index contributed by atoms with van der Waals surface area (Å²) in [6, 6.07) is 2.47. The average Bonchev–Trinajstić information content (AvgIpc) is 2.72. The van der Waals surface area contributed by atoms with Gasteiger partial charge >= 0.3 is 0 Å². The Balaban J connectivity index is 1.88. The predicted molar refractivity (Wildman–Crippen MR) is 109 cm³/mol. The summed E-state index contributed by atoms with van der Waals surface area (Å²) in [6.45, 7) is 0.221. The van der Waals surface area contributed by atoms with Crippen LogP contribution in [0.3, 0.4) is 0 Å². The lowest BCUT2D eigenvalue weighted by molar-refractivity contribution is 0.102. The molecule has 2 aromatic carbocycles. The van der Waals surface area contributed by atoms with Gasteiger partial charge in [0.25, 0.3) is 5.91 Å². The summed E-state index contributed by atoms with van der Waals surface area (Å²) in [4.78, 5) is 11.8. The number of rotatable bonds is 6. The number of aliphatic hydroxyl groups excluding tert-OH is 1. The second-order valence-electron chi connectivity index (χ2n) is 7.33. The summed E-state index contributed by atoms with van der Waals surface area (Å²) in [5.74, 6) is -6.89. The third-order valence-corrected chi connectivity index (χ3v) is 7.46. The van der Waals surface area contributed by atoms with E-state index in [4.69, 9.17) is 16.7 Å². The summed E-state index contributed by atoms with van der Waals surface area (Å²) in [6.07, 6.45) is 1.52. The van der Waals surface area contributed by atoms with Crippen LogP contribution < -0.4 is 5.32 Å². The van der Waals surface area contributed by atoms with Crippen molar-refractivity contribution in [2.45, 2.75) is 24.2 Å². The van der Waals surface area contributed by atoms with E-state index >= 15 is 0 Å². The van der Waals surface area contributed by atoms with E-state index in [1.54, 1.807) is 0 Å². The van der Waals surface area contributed by atoms with E-state index < -0.39 is 60.4 Å². The quantitative estimate of drug-likeness (QED) is 0.470. The van der Waals surface area contributed by atoms with Gasteiger partial charge in [-0.15, -0.1) is 0 Å². The van der Waals surface area contributed by atoms with Gasteiger partial charge in [0, 0.05) is 37.5 Å². The molecular formula is C20H19ClF4N2O4S. The Hall–Kier alpha value is -2.21. The third kappa shape index (κ3) is 5.06. The summed E-state index contributed by atoms with van der Waals surface area (Å²) in [5.41, 5.74) is -0.894. The van der Waals surface area contributed by atoms with Crippen molar-refractivity contribution in [3.05, 3.63) is 58.1 Å². The SMILES string of the molecule is O=C(Nc1cc(F)c(F)c(F)c1)c1cc(S(=O)(=O)N2CCC(CCO)CC2)c(F)cc1Cl. The normalized spacial score (nSPS) is 15.7. The minimum absolute atomic E-state index is 0.0104. The summed E-state index contributed by atoms with van der Waals surface area (Å²) in [5, 5.41) is 10.7. The first kappa shape index (κ1) is 24.4. The maximum absolute atomic E-state index is 14.5. The van der Waals surface area contributed by atoms with Crippen molar-refractivity contribution in [3.63, 3.8) is 0 Å². The summed E-state index contributed by atoms with van der Waals surface area (Å²) >= 11 is 5.90. The molecule has 2 aromatic rings. The number of halogens is 5. The molecule has 0 atom stereocenters. The van der Waals surface area contributed by atoms with E-state index in [1.165, 1.54) is 0 Å². The van der Waals surface area contributed by atoms with Crippen LogP contribution in [-0.4, -0.2) is 43.4 Å². The molecule has 1 saturated heterocycles. The Morgan fingerprint density at radius 1 is 1.06 bits per heavy atom. The number of piperidine rings is 1. The number of hydrogen-bond acceptors (Lipinski definition) is 4. The topological polar surface area (TPSA) is 86.7 Å². The molecule has 0 spiro atoms. The van der Waals surface area contributed by atoms with Gasteiger partial charge in [0.1, 0.15) is 10.7 Å². The zero-order chi connectivity index (χ0) is 23.6. The van der Waals surface area contributed by atoms with Crippen LogP contribution in [0.2, 0.25) is 5.02 Å². The van der Waals surface area contributed by atoms with E-state index in [-0.39, 0.29) is 25.6 Å². The van der Waals surface area contributed by atoms with Crippen LogP contribution in [0.5, 0.6) is 0 Å². The van der Waals surface area contributed by atoms with E-state index in [2.05, 4.69) is 5.32 Å². The van der Waals surface area contributed by atoms with E-state index in [0.717, 1.165) is 10.4 Å². The monoisotopic (exact) mass is 494 g/mol. The van der Waals surface area contributed by atoms with Crippen molar-refractivity contribution in [1.82, 2.24) is 4.31 Å². The molecule has 2 N–H and O–H groups in total. The first-order valence-electron chi connectivity index (χ1n) is 9.60. The third-order valence-electron chi connectivity index (χ3n) is 5.24. The minimum atomic E-state index is -4.31. The highest BCUT2D eigenvalue weighted by Gasteiger charge is 2.32. The zero-order valence-corrected chi connectivity index (χ0v) is 18.1. The van der Waals surface area contributed by atoms with Crippen LogP contribution in [0.4, 0.5) is 23.2 Å². The highest BCUT2D eigenvalue weighted by molar-refractivity contribution is 7.89. The Morgan fingerprint density at radius 2 is 1.66 bits per heavy atom. The van der Waals surface area contributed by atoms with E-state index in [1.807, 2.05) is 0 Å². The maximum atomic E-state index is 14.5. The fourth-order valence-electron chi connectivity index (χ4n) is 3.49. The number of carbonyl (C=O) groups is 1. The molecule has 6 nitrogen and oxygen atoms in total. The fraction of sp³-hybridized carbons (Fsp3) is 0.350. The molecule has 1 aliphatic rings. The zero-order valence-electron chi connectivity index (χ0n) is 16.5. The number of sulfonamides is 1. The highest BCUT2D eigenvalue weighted by atomic mass is 35.5. The van der Waals surface area contributed by atoms with Crippen LogP contribution in [0.15, 0.2) is 29.2 Å². The highest BCUT2D eigenvalue weighted by Crippen LogP contribution is 2.30. The van der Waals surface area contributed by atoms with E-state index in [0.29, 0.717) is 37.5 Å². The lowest BCUT2D eigenvalue weighted by Gasteiger charge is -2.31. The molecule has 32 heavy (non-hydrogen) atoms. The number of amides is 1. The first-order chi connectivity index (χ1) is 15.0. The average molecular weight is 495 g/mol. The van der Waals surface area contributed by atoms with Gasteiger partial charge in [0.15, 0.2) is 17.5 Å². The summed E-state index contributed by atoms with van der Waals surface area (Å²) < 4.78 is 81.4. The minimum Gasteiger partial charge on any atom is -0.396 e. The van der Waals surface area contributed by atoms with Crippen LogP contribution in [0.25, 0.3) is 0 Å². The van der Waals surface area contributed by atoms with Crippen molar-refractivity contribution >= 4 is 33.2 Å². The largest absolute Gasteiger partial charge is 0.396 e. The second-order valence-corrected chi connectivity index (χ2v) is 9.64. The molecule has 174 valence electrons. The second kappa shape index (κ2) is 9.74. The molecular weight excluding hydrogens is 476 g/mol. The Morgan fingerprint density at radius 3 is 2.22 bits per heavy atom. The molecule has 1 amide bonds. The molecule has 1 aliphatic heterocycles. The number of benzene rings is 2. The van der Waals surface area contributed by atoms with Gasteiger partial charge in [0.05, 0.1) is 10.6 Å². The summed E-state index contributed by atoms with van der Waals surface area (Å²) in [7, 11) is -4.31. The predicted octanol–water partition coefficient (Wildman–Crippen LogP) is 3.93. The van der Waals surface area contributed by atoms with Crippen LogP contribution in [0.1, 0.15) is 29.6 Å². The molecule has 1 heterocycles. The lowest BCUT2D eigenvalue weighted by atomic mass is 9.95. The van der Waals surface area contributed by atoms with Crippen LogP contribution in [-0.2, 0) is 10.0 Å². The number of nitrogens with one attached hydrogen (secondary N) is 1. The van der Waals surface area contributed by atoms with Crippen molar-refractivity contribution in [1.29, 1.82) is 0 Å². The number of aliphatic hydroxyl groups is 1. The van der Waals surface area contributed by atoms with E-state index in [9.17, 15) is 30.8 Å². The van der Waals surface area contributed by atoms with Gasteiger partial charge in [0.2, 0.25) is 10.0 Å².